The number of piperidine rings is 1. The van der Waals surface area contributed by atoms with Crippen molar-refractivity contribution in [2.24, 2.45) is 11.8 Å². The fourth-order valence-electron chi connectivity index (χ4n) is 3.73. The van der Waals surface area contributed by atoms with Gasteiger partial charge in [0.25, 0.3) is 5.91 Å². The summed E-state index contributed by atoms with van der Waals surface area (Å²) >= 11 is 0. The molecule has 2 saturated heterocycles. The highest BCUT2D eigenvalue weighted by Crippen LogP contribution is 2.29. The quantitative estimate of drug-likeness (QED) is 0.631. The Hall–Kier alpha value is -1.63. The van der Waals surface area contributed by atoms with E-state index in [0.29, 0.717) is 19.0 Å². The predicted molar refractivity (Wildman–Crippen MR) is 84.6 cm³/mol. The lowest BCUT2D eigenvalue weighted by Crippen LogP contribution is -2.56. The summed E-state index contributed by atoms with van der Waals surface area (Å²) in [5, 5.41) is 8.08. The van der Waals surface area contributed by atoms with E-state index in [1.54, 1.807) is 6.92 Å². The molecule has 0 unspecified atom stereocenters. The zero-order chi connectivity index (χ0) is 16.4. The molecule has 3 N–H and O–H groups in total. The van der Waals surface area contributed by atoms with Gasteiger partial charge in [-0.1, -0.05) is 6.42 Å². The minimum absolute atomic E-state index is 0.0298. The number of rotatable bonds is 5. The second kappa shape index (κ2) is 6.47. The summed E-state index contributed by atoms with van der Waals surface area (Å²) in [5.41, 5.74) is -0.863. The maximum absolute atomic E-state index is 12.1. The van der Waals surface area contributed by atoms with Crippen LogP contribution in [0.25, 0.3) is 0 Å². The Morgan fingerprint density at radius 3 is 2.70 bits per heavy atom. The van der Waals surface area contributed by atoms with Crippen molar-refractivity contribution in [2.45, 2.75) is 44.6 Å². The maximum atomic E-state index is 12.1. The van der Waals surface area contributed by atoms with Crippen LogP contribution in [-0.4, -0.2) is 54.5 Å². The fraction of sp³-hybridized carbons (Fsp3) is 0.812. The van der Waals surface area contributed by atoms with Gasteiger partial charge < -0.3 is 10.6 Å². The van der Waals surface area contributed by atoms with Gasteiger partial charge in [-0.15, -0.1) is 0 Å². The van der Waals surface area contributed by atoms with E-state index in [1.165, 1.54) is 19.3 Å². The first kappa shape index (κ1) is 16.2. The van der Waals surface area contributed by atoms with Crippen LogP contribution in [0, 0.1) is 11.8 Å². The van der Waals surface area contributed by atoms with Gasteiger partial charge in [-0.3, -0.25) is 19.8 Å². The second-order valence-electron chi connectivity index (χ2n) is 7.29. The van der Waals surface area contributed by atoms with Gasteiger partial charge in [-0.05, 0) is 45.1 Å². The van der Waals surface area contributed by atoms with E-state index in [-0.39, 0.29) is 17.7 Å². The third-order valence-corrected chi connectivity index (χ3v) is 5.57. The van der Waals surface area contributed by atoms with E-state index >= 15 is 0 Å². The van der Waals surface area contributed by atoms with E-state index in [4.69, 9.17) is 0 Å². The lowest BCUT2D eigenvalue weighted by atomic mass is 9.80. The number of carbonyl (C=O) groups excluding carboxylic acids is 3. The molecular formula is C16H26N4O3. The molecule has 2 heterocycles. The summed E-state index contributed by atoms with van der Waals surface area (Å²) in [6, 6.07) is -0.423. The van der Waals surface area contributed by atoms with Gasteiger partial charge in [-0.2, -0.15) is 0 Å². The number of hydrogen-bond acceptors (Lipinski definition) is 4. The summed E-state index contributed by atoms with van der Waals surface area (Å²) in [6.45, 7) is 4.44. The molecule has 3 fully saturated rings. The standard InChI is InChI=1S/C16H26N4O3/c1-16(14(22)18-15(23)19-16)12-6-3-7-20(9-12)10-13(21)17-8-11-4-2-5-11/h11-12H,2-10H2,1H3,(H,17,21)(H2,18,19,22,23)/t12-,16-/m0/s1. The van der Waals surface area contributed by atoms with Crippen molar-refractivity contribution < 1.29 is 14.4 Å². The minimum Gasteiger partial charge on any atom is -0.355 e. The van der Waals surface area contributed by atoms with Crippen molar-refractivity contribution in [2.75, 3.05) is 26.2 Å². The molecule has 1 aliphatic carbocycles. The number of amides is 4. The third kappa shape index (κ3) is 3.49. The van der Waals surface area contributed by atoms with Crippen molar-refractivity contribution >= 4 is 17.8 Å². The molecule has 4 amide bonds. The first-order valence-corrected chi connectivity index (χ1v) is 8.60. The Balaban J connectivity index is 1.50. The molecule has 1 saturated carbocycles. The van der Waals surface area contributed by atoms with Gasteiger partial charge >= 0.3 is 6.03 Å². The topological polar surface area (TPSA) is 90.5 Å². The average Bonchev–Trinajstić information content (AvgIpc) is 2.71. The number of likely N-dealkylation sites (tertiary alicyclic amines) is 1. The summed E-state index contributed by atoms with van der Waals surface area (Å²) < 4.78 is 0. The van der Waals surface area contributed by atoms with Gasteiger partial charge in [0.05, 0.1) is 6.54 Å². The molecule has 7 nitrogen and oxygen atoms in total. The largest absolute Gasteiger partial charge is 0.355 e. The van der Waals surface area contributed by atoms with Gasteiger partial charge in [0.1, 0.15) is 5.54 Å². The predicted octanol–water partition coefficient (Wildman–Crippen LogP) is 0.213. The molecule has 0 aromatic heterocycles. The van der Waals surface area contributed by atoms with Gasteiger partial charge in [0.15, 0.2) is 0 Å². The third-order valence-electron chi connectivity index (χ3n) is 5.57. The van der Waals surface area contributed by atoms with Crippen LogP contribution in [-0.2, 0) is 9.59 Å². The number of carbonyl (C=O) groups is 3. The van der Waals surface area contributed by atoms with Crippen LogP contribution in [0.5, 0.6) is 0 Å². The molecule has 3 aliphatic rings. The van der Waals surface area contributed by atoms with Gasteiger partial charge in [-0.25, -0.2) is 4.79 Å². The fourth-order valence-corrected chi connectivity index (χ4v) is 3.73. The number of hydrogen-bond donors (Lipinski definition) is 3. The molecule has 2 aliphatic heterocycles. The lowest BCUT2D eigenvalue weighted by molar-refractivity contribution is -0.126. The highest BCUT2D eigenvalue weighted by Gasteiger charge is 2.48. The zero-order valence-corrected chi connectivity index (χ0v) is 13.7. The molecule has 0 aromatic rings. The molecule has 128 valence electrons. The Kier molecular flexibility index (Phi) is 4.57. The molecule has 0 spiro atoms. The first-order valence-electron chi connectivity index (χ1n) is 8.60. The average molecular weight is 322 g/mol. The van der Waals surface area contributed by atoms with E-state index in [9.17, 15) is 14.4 Å². The van der Waals surface area contributed by atoms with Crippen molar-refractivity contribution in [3.05, 3.63) is 0 Å². The van der Waals surface area contributed by atoms with E-state index in [0.717, 1.165) is 25.9 Å². The van der Waals surface area contributed by atoms with Crippen molar-refractivity contribution in [1.29, 1.82) is 0 Å². The lowest BCUT2D eigenvalue weighted by Gasteiger charge is -2.39. The van der Waals surface area contributed by atoms with E-state index in [1.807, 2.05) is 0 Å². The molecular weight excluding hydrogens is 296 g/mol. The summed E-state index contributed by atoms with van der Waals surface area (Å²) in [6.07, 6.45) is 5.53. The normalized spacial score (nSPS) is 32.1. The van der Waals surface area contributed by atoms with Crippen LogP contribution in [0.1, 0.15) is 39.0 Å². The minimum atomic E-state index is -0.863. The SMILES string of the molecule is C[C@@]1([C@H]2CCCN(CC(=O)NCC3CCC3)C2)NC(=O)NC1=O. The zero-order valence-electron chi connectivity index (χ0n) is 13.7. The van der Waals surface area contributed by atoms with Gasteiger partial charge in [0.2, 0.25) is 5.91 Å². The number of nitrogens with one attached hydrogen (secondary N) is 3. The second-order valence-corrected chi connectivity index (χ2v) is 7.29. The molecule has 7 heteroatoms. The molecule has 0 aromatic carbocycles. The summed E-state index contributed by atoms with van der Waals surface area (Å²) in [5.74, 6) is 0.484. The smallest absolute Gasteiger partial charge is 0.322 e. The molecule has 2 atom stereocenters. The number of imide groups is 1. The van der Waals surface area contributed by atoms with Crippen LogP contribution in [0.4, 0.5) is 4.79 Å². The number of urea groups is 1. The van der Waals surface area contributed by atoms with Crippen LogP contribution in [0.15, 0.2) is 0 Å². The number of nitrogens with zero attached hydrogens (tertiary/aromatic N) is 1. The van der Waals surface area contributed by atoms with Crippen molar-refractivity contribution in [3.63, 3.8) is 0 Å². The van der Waals surface area contributed by atoms with Gasteiger partial charge in [0, 0.05) is 19.0 Å². The van der Waals surface area contributed by atoms with E-state index < -0.39 is 11.6 Å². The first-order chi connectivity index (χ1) is 11.0. The van der Waals surface area contributed by atoms with Crippen molar-refractivity contribution in [1.82, 2.24) is 20.9 Å². The Labute approximate surface area is 136 Å². The monoisotopic (exact) mass is 322 g/mol. The van der Waals surface area contributed by atoms with Crippen LogP contribution in [0.2, 0.25) is 0 Å². The van der Waals surface area contributed by atoms with Crippen LogP contribution in [0.3, 0.4) is 0 Å². The Morgan fingerprint density at radius 2 is 2.09 bits per heavy atom. The molecule has 0 bridgehead atoms. The van der Waals surface area contributed by atoms with Crippen LogP contribution >= 0.6 is 0 Å². The Morgan fingerprint density at radius 1 is 1.30 bits per heavy atom. The molecule has 0 radical (unpaired) electrons. The maximum Gasteiger partial charge on any atom is 0.322 e. The Bertz CT molecular complexity index is 506. The van der Waals surface area contributed by atoms with Crippen molar-refractivity contribution in [3.8, 4) is 0 Å². The van der Waals surface area contributed by atoms with E-state index in [2.05, 4.69) is 20.9 Å². The van der Waals surface area contributed by atoms with Crippen LogP contribution < -0.4 is 16.0 Å². The molecule has 23 heavy (non-hydrogen) atoms. The highest BCUT2D eigenvalue weighted by atomic mass is 16.2. The summed E-state index contributed by atoms with van der Waals surface area (Å²) in [4.78, 5) is 37.7. The highest BCUT2D eigenvalue weighted by molar-refractivity contribution is 6.07. The summed E-state index contributed by atoms with van der Waals surface area (Å²) in [7, 11) is 0. The molecule has 3 rings (SSSR count).